The van der Waals surface area contributed by atoms with Crippen molar-refractivity contribution in [1.82, 2.24) is 31.5 Å². The first-order valence-electron chi connectivity index (χ1n) is 46.7. The molecule has 12 unspecified atom stereocenters. The number of likely N-dealkylation sites (tertiary alicyclic amines) is 1. The third kappa shape index (κ3) is 39.2. The van der Waals surface area contributed by atoms with Gasteiger partial charge in [-0.25, -0.2) is 0 Å². The molecule has 6 amide bonds. The number of unbranched alkanes of at least 4 members (excludes halogenated alkanes) is 12. The minimum atomic E-state index is -1.29. The normalized spacial score (nSPS) is 29.5. The number of carbonyl (C=O) groups is 8. The highest BCUT2D eigenvalue weighted by Gasteiger charge is 2.47. The predicted molar refractivity (Wildman–Crippen MR) is 455 cm³/mol. The predicted octanol–water partition coefficient (Wildman–Crippen LogP) is 3.07. The van der Waals surface area contributed by atoms with Gasteiger partial charge in [-0.05, 0) is 134 Å². The van der Waals surface area contributed by atoms with E-state index in [1.165, 1.54) is 0 Å². The Hall–Kier alpha value is -4.68. The van der Waals surface area contributed by atoms with Gasteiger partial charge >= 0.3 is 0 Å². The fourth-order valence-corrected chi connectivity index (χ4v) is 17.1. The number of methoxy groups -OCH3 is 1. The second kappa shape index (κ2) is 61.8. The first kappa shape index (κ1) is 110. The van der Waals surface area contributed by atoms with E-state index < -0.39 is 166 Å². The van der Waals surface area contributed by atoms with Crippen molar-refractivity contribution in [3.05, 3.63) is 0 Å². The van der Waals surface area contributed by atoms with Gasteiger partial charge in [0, 0.05) is 153 Å². The molecule has 0 aromatic carbocycles. The zero-order chi connectivity index (χ0) is 91.0. The number of nitrogens with zero attached hydrogens (tertiary/aromatic N) is 1. The number of carbonyl (C=O) groups excluding carboxylic acids is 8. The number of hydrogen-bond acceptors (Lipinski definition) is 29. The first-order valence-corrected chi connectivity index (χ1v) is 46.7. The van der Waals surface area contributed by atoms with Gasteiger partial charge in [-0.15, -0.1) is 0 Å². The Morgan fingerprint density at radius 1 is 0.435 bits per heavy atom. The van der Waals surface area contributed by atoms with Crippen molar-refractivity contribution in [2.24, 2.45) is 47.3 Å². The number of aliphatic hydroxyl groups excluding tert-OH is 12. The van der Waals surface area contributed by atoms with Crippen LogP contribution in [0, 0.1) is 47.3 Å². The summed E-state index contributed by atoms with van der Waals surface area (Å²) < 4.78 is 51.8. The van der Waals surface area contributed by atoms with Gasteiger partial charge < -0.3 is 135 Å². The van der Waals surface area contributed by atoms with Crippen molar-refractivity contribution in [3.8, 4) is 0 Å². The summed E-state index contributed by atoms with van der Waals surface area (Å²) in [5, 5.41) is 137. The first-order chi connectivity index (χ1) is 59.5. The monoisotopic (exact) mass is 1780 g/mol. The Morgan fingerprint density at radius 2 is 0.879 bits per heavy atom. The van der Waals surface area contributed by atoms with E-state index in [1.807, 2.05) is 18.7 Å². The highest BCUT2D eigenvalue weighted by molar-refractivity contribution is 5.92. The number of ketones is 2. The maximum Gasteiger partial charge on any atom is 0.223 e. The molecule has 35 heteroatoms. The van der Waals surface area contributed by atoms with Crippen LogP contribution in [0.5, 0.6) is 0 Å². The molecule has 26 atom stereocenters. The molecule has 35 nitrogen and oxygen atoms in total. The number of hydrogen-bond donors (Lipinski definition) is 17. The Labute approximate surface area is 734 Å². The van der Waals surface area contributed by atoms with Crippen LogP contribution in [0.1, 0.15) is 260 Å². The molecule has 124 heavy (non-hydrogen) atoms. The maximum absolute atomic E-state index is 14.8. The number of amides is 6. The van der Waals surface area contributed by atoms with E-state index >= 15 is 0 Å². The van der Waals surface area contributed by atoms with Crippen molar-refractivity contribution in [3.63, 3.8) is 0 Å². The minimum absolute atomic E-state index is 0.0242. The van der Waals surface area contributed by atoms with E-state index in [-0.39, 0.29) is 144 Å². The van der Waals surface area contributed by atoms with E-state index in [2.05, 4.69) is 33.5 Å². The van der Waals surface area contributed by atoms with Crippen LogP contribution in [0.15, 0.2) is 0 Å². The molecule has 5 rings (SSSR count). The highest BCUT2D eigenvalue weighted by atomic mass is 16.7. The van der Waals surface area contributed by atoms with Crippen LogP contribution in [0.3, 0.4) is 0 Å². The lowest BCUT2D eigenvalue weighted by Gasteiger charge is -2.41. The topological polar surface area (TPSA) is 526 Å². The number of Topliss-reactive ketones (excluding diaryl/α,β-unsaturated/α-hetero) is 2. The quantitative estimate of drug-likeness (QED) is 0.0389. The summed E-state index contributed by atoms with van der Waals surface area (Å²) in [5.74, 6) is -4.76. The Morgan fingerprint density at radius 3 is 1.41 bits per heavy atom. The molecular formula is C89H160N6O29. The zero-order valence-electron chi connectivity index (χ0n) is 75.2. The number of aliphatic hydroxyl groups is 12. The van der Waals surface area contributed by atoms with E-state index in [4.69, 9.17) is 42.6 Å². The number of ether oxygens (including phenoxy) is 9. The Balaban J connectivity index is 1.19. The molecular weight excluding hydrogens is 1620 g/mol. The summed E-state index contributed by atoms with van der Waals surface area (Å²) in [6.07, 6.45) is -1.37. The molecule has 0 bridgehead atoms. The molecule has 5 aliphatic heterocycles. The summed E-state index contributed by atoms with van der Waals surface area (Å²) >= 11 is 0. The van der Waals surface area contributed by atoms with Gasteiger partial charge in [0.15, 0.2) is 30.9 Å². The second-order valence-electron chi connectivity index (χ2n) is 35.5. The van der Waals surface area contributed by atoms with Crippen molar-refractivity contribution < 1.29 is 142 Å². The summed E-state index contributed by atoms with van der Waals surface area (Å²) in [6, 6.07) is -0.901. The third-order valence-corrected chi connectivity index (χ3v) is 25.3. The average molecular weight is 1780 g/mol. The molecule has 0 aliphatic carbocycles. The van der Waals surface area contributed by atoms with Crippen molar-refractivity contribution >= 4 is 47.0 Å². The van der Waals surface area contributed by atoms with Gasteiger partial charge in [0.05, 0.1) is 81.7 Å². The van der Waals surface area contributed by atoms with E-state index in [0.29, 0.717) is 187 Å². The average Bonchev–Trinajstić information content (AvgIpc) is 1.13. The largest absolute Gasteiger partial charge is 0.394 e. The van der Waals surface area contributed by atoms with Gasteiger partial charge in [0.1, 0.15) is 42.4 Å². The fraction of sp³-hybridized carbons (Fsp3) is 0.910. The fourth-order valence-electron chi connectivity index (χ4n) is 17.1. The molecule has 5 saturated heterocycles. The number of nitrogens with one attached hydrogen (secondary N) is 5. The molecule has 720 valence electrons. The molecule has 17 N–H and O–H groups in total. The maximum atomic E-state index is 14.8. The van der Waals surface area contributed by atoms with Crippen molar-refractivity contribution in [2.75, 3.05) is 99.3 Å². The summed E-state index contributed by atoms with van der Waals surface area (Å²) in [7, 11) is 1.64. The molecule has 5 aliphatic rings. The summed E-state index contributed by atoms with van der Waals surface area (Å²) in [4.78, 5) is 112. The third-order valence-electron chi connectivity index (χ3n) is 25.3. The lowest BCUT2D eigenvalue weighted by atomic mass is 9.84. The Kier molecular flexibility index (Phi) is 54.8. The van der Waals surface area contributed by atoms with E-state index in [0.717, 1.165) is 19.3 Å². The molecule has 5 fully saturated rings. The van der Waals surface area contributed by atoms with Crippen LogP contribution >= 0.6 is 0 Å². The molecule has 5 heterocycles. The molecule has 0 saturated carbocycles. The summed E-state index contributed by atoms with van der Waals surface area (Å²) in [6.45, 7) is 12.5. The molecule has 0 radical (unpaired) electrons. The molecule has 0 spiro atoms. The van der Waals surface area contributed by atoms with Crippen LogP contribution in [-0.4, -0.2) is 323 Å². The van der Waals surface area contributed by atoms with Crippen LogP contribution in [0.25, 0.3) is 0 Å². The molecule has 0 aromatic heterocycles. The van der Waals surface area contributed by atoms with Gasteiger partial charge in [-0.3, -0.25) is 38.4 Å². The smallest absolute Gasteiger partial charge is 0.223 e. The van der Waals surface area contributed by atoms with Gasteiger partial charge in [-0.1, -0.05) is 86.5 Å². The van der Waals surface area contributed by atoms with Crippen molar-refractivity contribution in [1.29, 1.82) is 0 Å². The van der Waals surface area contributed by atoms with Gasteiger partial charge in [0.2, 0.25) is 35.4 Å². The van der Waals surface area contributed by atoms with Crippen LogP contribution < -0.4 is 26.6 Å². The van der Waals surface area contributed by atoms with E-state index in [9.17, 15) is 99.6 Å². The van der Waals surface area contributed by atoms with Crippen LogP contribution in [-0.2, 0) is 81.0 Å². The number of rotatable bonds is 65. The minimum Gasteiger partial charge on any atom is -0.394 e. The van der Waals surface area contributed by atoms with E-state index in [1.54, 1.807) is 27.9 Å². The lowest BCUT2D eigenvalue weighted by Crippen LogP contribution is -2.56. The van der Waals surface area contributed by atoms with Crippen molar-refractivity contribution in [2.45, 2.75) is 370 Å². The van der Waals surface area contributed by atoms with Crippen LogP contribution in [0.4, 0.5) is 0 Å². The zero-order valence-corrected chi connectivity index (χ0v) is 75.2. The lowest BCUT2D eigenvalue weighted by molar-refractivity contribution is -0.286. The molecule has 0 aromatic rings. The standard InChI is InChI=1S/C89H160N6O29/c1-8-65-80(110)83(113)72(54-99)124-89(65)120-46-25-17-31-63(100)37-38-66(57(3)29-16-24-40-91-74(104)34-18-26-43-117-86-58(4)77(107)69(102)49-64(51-96)121-86)85(115)93-42-23-11-13-30-61(84(114)92-41-21-10-9-15-36-76(106)95-50-56(2)47-62(95)55-116-7)48-68(101)67(94-75(105)35-20-28-45-119-88-60(6)79(109)82(112)71(53-98)123-88)32-14-12-22-39-90-73(103)33-19-27-44-118-87-59(5)78(108)81(111)70(52-97)122-87/h56-62,64-67,69-72,77-83,86-89,96-99,102,107-113H,8-55H2,1-7H3,(H,90,103)(H,91,104)(H,92,114)(H,93,115)(H,94,105)/t56-,57?,58?,59?,60?,61?,62+,64?,65?,66?,67?,69+,70?,71?,72?,77-,78-,79-,80-,81+,82+,83+,86-,87-,88-,89-/m1/s1. The van der Waals surface area contributed by atoms with Gasteiger partial charge in [-0.2, -0.15) is 0 Å². The van der Waals surface area contributed by atoms with Gasteiger partial charge in [0.25, 0.3) is 0 Å². The SMILES string of the molecule is CCC1[C@H](OCCCCC(=O)CCC(C(=O)NCCCCCC(CC(=O)C(CCCCCNC(=O)CCCCO[C@@H]2OC(CO)[C@H](O)[C@H](O)C2C)NC(=O)CCCCO[C@@H]2OC(CO)[C@H](O)[C@H](O)C2C)C(=O)NCCCCCCC(=O)N2C[C@H](C)C[C@H]2COC)C(C)CCCCNC(=O)CCCCO[C@@H]2OC(CO)C[C@H](O)[C@H](O)C2C)OC(CO)[C@H](O)[C@@H]1O. The highest BCUT2D eigenvalue weighted by Crippen LogP contribution is 2.34. The van der Waals surface area contributed by atoms with Crippen LogP contribution in [0.2, 0.25) is 0 Å². The Bertz CT molecular complexity index is 2990. The summed E-state index contributed by atoms with van der Waals surface area (Å²) in [5.41, 5.74) is 0. The second-order valence-corrected chi connectivity index (χ2v) is 35.5.